The fraction of sp³-hybridized carbons (Fsp3) is 0.500. The average molecular weight is 261 g/mol. The summed E-state index contributed by atoms with van der Waals surface area (Å²) in [5.74, 6) is 1.09. The van der Waals surface area contributed by atoms with E-state index in [1.54, 1.807) is 6.07 Å². The molecule has 19 heavy (non-hydrogen) atoms. The first kappa shape index (κ1) is 12.7. The minimum Gasteiger partial charge on any atom is -0.458 e. The minimum atomic E-state index is -0.262. The Kier molecular flexibility index (Phi) is 3.56. The molecule has 3 rings (SSSR count). The molecule has 0 aliphatic heterocycles. The van der Waals surface area contributed by atoms with E-state index in [2.05, 4.69) is 5.32 Å². The van der Waals surface area contributed by atoms with Crippen LogP contribution in [-0.2, 0) is 0 Å². The largest absolute Gasteiger partial charge is 0.458 e. The summed E-state index contributed by atoms with van der Waals surface area (Å²) in [6, 6.07) is 7.67. The summed E-state index contributed by atoms with van der Waals surface area (Å²) in [5, 5.41) is 4.25. The summed E-state index contributed by atoms with van der Waals surface area (Å²) >= 11 is 0. The van der Waals surface area contributed by atoms with Gasteiger partial charge in [0.2, 0.25) is 0 Å². The second-order valence-electron chi connectivity index (χ2n) is 5.51. The highest BCUT2D eigenvalue weighted by Crippen LogP contribution is 2.35. The standard InChI is InChI=1S/C16H20FNO/c1-18-13-7-3-2-5-11(9-13)15-10-12-6-4-8-14(17)16(12)19-15/h4,6,8,10-11,13,18H,2-3,5,7,9H2,1H3. The quantitative estimate of drug-likeness (QED) is 0.819. The van der Waals surface area contributed by atoms with Gasteiger partial charge in [0.1, 0.15) is 5.76 Å². The van der Waals surface area contributed by atoms with Gasteiger partial charge < -0.3 is 9.73 Å². The summed E-state index contributed by atoms with van der Waals surface area (Å²) in [5.41, 5.74) is 0.405. The van der Waals surface area contributed by atoms with Crippen molar-refractivity contribution in [3.63, 3.8) is 0 Å². The van der Waals surface area contributed by atoms with Gasteiger partial charge in [0.25, 0.3) is 0 Å². The lowest BCUT2D eigenvalue weighted by Crippen LogP contribution is -2.25. The van der Waals surface area contributed by atoms with Crippen LogP contribution in [0.25, 0.3) is 11.0 Å². The van der Waals surface area contributed by atoms with Crippen molar-refractivity contribution in [1.29, 1.82) is 0 Å². The number of hydrogen-bond donors (Lipinski definition) is 1. The van der Waals surface area contributed by atoms with Gasteiger partial charge in [0.15, 0.2) is 11.4 Å². The summed E-state index contributed by atoms with van der Waals surface area (Å²) in [6.07, 6.45) is 5.93. The molecule has 102 valence electrons. The molecule has 2 aromatic rings. The first-order valence-electron chi connectivity index (χ1n) is 7.13. The second-order valence-corrected chi connectivity index (χ2v) is 5.51. The molecule has 1 fully saturated rings. The van der Waals surface area contributed by atoms with Crippen LogP contribution in [0.1, 0.15) is 43.8 Å². The number of fused-ring (bicyclic) bond motifs is 1. The molecule has 1 aromatic carbocycles. The molecular weight excluding hydrogens is 241 g/mol. The van der Waals surface area contributed by atoms with Gasteiger partial charge in [-0.15, -0.1) is 0 Å². The Morgan fingerprint density at radius 3 is 2.89 bits per heavy atom. The zero-order valence-electron chi connectivity index (χ0n) is 11.3. The van der Waals surface area contributed by atoms with E-state index in [1.165, 1.54) is 25.3 Å². The molecule has 1 saturated carbocycles. The van der Waals surface area contributed by atoms with Crippen molar-refractivity contribution in [2.75, 3.05) is 7.05 Å². The minimum absolute atomic E-state index is 0.262. The van der Waals surface area contributed by atoms with Crippen molar-refractivity contribution in [3.8, 4) is 0 Å². The predicted molar refractivity (Wildman–Crippen MR) is 74.8 cm³/mol. The van der Waals surface area contributed by atoms with E-state index in [4.69, 9.17) is 4.42 Å². The fourth-order valence-corrected chi connectivity index (χ4v) is 3.13. The van der Waals surface area contributed by atoms with Crippen LogP contribution in [0.2, 0.25) is 0 Å². The number of para-hydroxylation sites is 1. The molecule has 2 atom stereocenters. The maximum Gasteiger partial charge on any atom is 0.169 e. The molecule has 0 amide bonds. The third-order valence-corrected chi connectivity index (χ3v) is 4.25. The van der Waals surface area contributed by atoms with E-state index in [-0.39, 0.29) is 5.82 Å². The first-order valence-corrected chi connectivity index (χ1v) is 7.13. The Balaban J connectivity index is 1.92. The molecule has 0 saturated heterocycles. The molecular formula is C16H20FNO. The van der Waals surface area contributed by atoms with Gasteiger partial charge in [-0.3, -0.25) is 0 Å². The van der Waals surface area contributed by atoms with Crippen molar-refractivity contribution in [2.45, 2.75) is 44.1 Å². The number of nitrogens with one attached hydrogen (secondary N) is 1. The lowest BCUT2D eigenvalue weighted by atomic mass is 9.95. The number of hydrogen-bond acceptors (Lipinski definition) is 2. The van der Waals surface area contributed by atoms with Crippen LogP contribution in [0.5, 0.6) is 0 Å². The normalized spacial score (nSPS) is 24.5. The molecule has 1 N–H and O–H groups in total. The van der Waals surface area contributed by atoms with Crippen molar-refractivity contribution >= 4 is 11.0 Å². The van der Waals surface area contributed by atoms with E-state index in [1.807, 2.05) is 19.2 Å². The molecule has 1 aromatic heterocycles. The molecule has 2 nitrogen and oxygen atoms in total. The van der Waals surface area contributed by atoms with Crippen molar-refractivity contribution < 1.29 is 8.81 Å². The molecule has 0 spiro atoms. The highest BCUT2D eigenvalue weighted by Gasteiger charge is 2.23. The van der Waals surface area contributed by atoms with Crippen LogP contribution in [-0.4, -0.2) is 13.1 Å². The highest BCUT2D eigenvalue weighted by atomic mass is 19.1. The van der Waals surface area contributed by atoms with Crippen LogP contribution in [0.3, 0.4) is 0 Å². The third-order valence-electron chi connectivity index (χ3n) is 4.25. The van der Waals surface area contributed by atoms with Gasteiger partial charge in [-0.1, -0.05) is 25.0 Å². The fourth-order valence-electron chi connectivity index (χ4n) is 3.13. The molecule has 3 heteroatoms. The zero-order valence-corrected chi connectivity index (χ0v) is 11.3. The van der Waals surface area contributed by atoms with Gasteiger partial charge in [-0.05, 0) is 38.4 Å². The number of halogens is 1. The van der Waals surface area contributed by atoms with Crippen LogP contribution < -0.4 is 5.32 Å². The van der Waals surface area contributed by atoms with Gasteiger partial charge in [0.05, 0.1) is 0 Å². The Labute approximate surface area is 113 Å². The van der Waals surface area contributed by atoms with Gasteiger partial charge in [0, 0.05) is 17.3 Å². The van der Waals surface area contributed by atoms with E-state index >= 15 is 0 Å². The topological polar surface area (TPSA) is 25.2 Å². The van der Waals surface area contributed by atoms with E-state index in [0.717, 1.165) is 24.0 Å². The number of rotatable bonds is 2. The maximum atomic E-state index is 13.7. The van der Waals surface area contributed by atoms with Crippen LogP contribution in [0, 0.1) is 5.82 Å². The van der Waals surface area contributed by atoms with E-state index in [0.29, 0.717) is 17.5 Å². The lowest BCUT2D eigenvalue weighted by Gasteiger charge is -2.17. The zero-order chi connectivity index (χ0) is 13.2. The van der Waals surface area contributed by atoms with Crippen molar-refractivity contribution in [1.82, 2.24) is 5.32 Å². The predicted octanol–water partition coefficient (Wildman–Crippen LogP) is 4.21. The van der Waals surface area contributed by atoms with Crippen molar-refractivity contribution in [3.05, 3.63) is 35.8 Å². The van der Waals surface area contributed by atoms with Crippen LogP contribution in [0.4, 0.5) is 4.39 Å². The van der Waals surface area contributed by atoms with E-state index in [9.17, 15) is 4.39 Å². The number of furan rings is 1. The molecule has 1 aliphatic carbocycles. The average Bonchev–Trinajstić information content (AvgIpc) is 2.71. The third kappa shape index (κ3) is 2.52. The summed E-state index contributed by atoms with van der Waals surface area (Å²) in [7, 11) is 2.02. The molecule has 2 unspecified atom stereocenters. The summed E-state index contributed by atoms with van der Waals surface area (Å²) in [4.78, 5) is 0. The summed E-state index contributed by atoms with van der Waals surface area (Å²) in [6.45, 7) is 0. The number of benzene rings is 1. The smallest absolute Gasteiger partial charge is 0.169 e. The summed E-state index contributed by atoms with van der Waals surface area (Å²) < 4.78 is 19.5. The van der Waals surface area contributed by atoms with Crippen molar-refractivity contribution in [2.24, 2.45) is 0 Å². The first-order chi connectivity index (χ1) is 9.28. The second kappa shape index (κ2) is 5.33. The SMILES string of the molecule is CNC1CCCCC(c2cc3cccc(F)c3o2)C1. The molecule has 0 bridgehead atoms. The van der Waals surface area contributed by atoms with Crippen LogP contribution >= 0.6 is 0 Å². The van der Waals surface area contributed by atoms with Gasteiger partial charge in [-0.25, -0.2) is 4.39 Å². The Morgan fingerprint density at radius 1 is 1.26 bits per heavy atom. The molecule has 1 aliphatic rings. The van der Waals surface area contributed by atoms with Gasteiger partial charge in [-0.2, -0.15) is 0 Å². The highest BCUT2D eigenvalue weighted by molar-refractivity contribution is 5.78. The Bertz CT molecular complexity index is 563. The Morgan fingerprint density at radius 2 is 2.11 bits per heavy atom. The maximum absolute atomic E-state index is 13.7. The molecule has 0 radical (unpaired) electrons. The van der Waals surface area contributed by atoms with E-state index < -0.39 is 0 Å². The monoisotopic (exact) mass is 261 g/mol. The van der Waals surface area contributed by atoms with Gasteiger partial charge >= 0.3 is 0 Å². The Hall–Kier alpha value is -1.35. The molecule has 1 heterocycles. The lowest BCUT2D eigenvalue weighted by molar-refractivity contribution is 0.412. The van der Waals surface area contributed by atoms with Crippen LogP contribution in [0.15, 0.2) is 28.7 Å².